The van der Waals surface area contributed by atoms with Gasteiger partial charge in [0.05, 0.1) is 12.6 Å². The Morgan fingerprint density at radius 2 is 1.97 bits per heavy atom. The second kappa shape index (κ2) is 10.7. The highest BCUT2D eigenvalue weighted by atomic mass is 19.1. The molecule has 174 valence electrons. The fourth-order valence-electron chi connectivity index (χ4n) is 4.06. The first-order chi connectivity index (χ1) is 16.0. The van der Waals surface area contributed by atoms with Crippen molar-refractivity contribution >= 4 is 5.91 Å². The monoisotopic (exact) mass is 451 g/mol. The molecule has 6 nitrogen and oxygen atoms in total. The molecule has 1 amide bonds. The number of carbonyl (C=O) groups is 1. The summed E-state index contributed by atoms with van der Waals surface area (Å²) < 4.78 is 24.5. The fourth-order valence-corrected chi connectivity index (χ4v) is 4.06. The van der Waals surface area contributed by atoms with E-state index in [1.807, 2.05) is 0 Å². The number of nitrogens with one attached hydrogen (secondary N) is 1. The van der Waals surface area contributed by atoms with Crippen LogP contribution in [0.25, 0.3) is 0 Å². The van der Waals surface area contributed by atoms with E-state index >= 15 is 0 Å². The van der Waals surface area contributed by atoms with Gasteiger partial charge in [0, 0.05) is 26.2 Å². The fraction of sp³-hybridized carbons (Fsp3) is 0.385. The van der Waals surface area contributed by atoms with Gasteiger partial charge in [-0.3, -0.25) is 9.69 Å². The summed E-state index contributed by atoms with van der Waals surface area (Å²) in [6, 6.07) is 12.9. The molecule has 7 heteroatoms. The highest BCUT2D eigenvalue weighted by Crippen LogP contribution is 2.18. The molecule has 2 heterocycles. The molecule has 1 aliphatic rings. The lowest BCUT2D eigenvalue weighted by atomic mass is 10.0. The van der Waals surface area contributed by atoms with Crippen LogP contribution in [0.4, 0.5) is 4.39 Å². The second-order valence-electron chi connectivity index (χ2n) is 8.67. The predicted molar refractivity (Wildman–Crippen MR) is 123 cm³/mol. The Bertz CT molecular complexity index is 1070. The number of hydrogen-bond donors (Lipinski definition) is 1. The van der Waals surface area contributed by atoms with Gasteiger partial charge in [0.1, 0.15) is 12.1 Å². The molecule has 0 spiro atoms. The molecule has 1 atom stereocenters. The number of rotatable bonds is 9. The van der Waals surface area contributed by atoms with Crippen LogP contribution < -0.4 is 5.32 Å². The van der Waals surface area contributed by atoms with Crippen molar-refractivity contribution in [3.05, 3.63) is 88.4 Å². The normalized spacial score (nSPS) is 15.8. The summed E-state index contributed by atoms with van der Waals surface area (Å²) in [5.41, 5.74) is 4.87. The van der Waals surface area contributed by atoms with Crippen LogP contribution in [0.3, 0.4) is 0 Å². The van der Waals surface area contributed by atoms with Gasteiger partial charge in [-0.05, 0) is 55.5 Å². The third kappa shape index (κ3) is 6.49. The minimum Gasteiger partial charge on any atom is -0.447 e. The second-order valence-corrected chi connectivity index (χ2v) is 8.67. The van der Waals surface area contributed by atoms with E-state index in [2.05, 4.69) is 47.2 Å². The number of halogens is 1. The minimum absolute atomic E-state index is 0.0734. The number of ether oxygens (including phenoxy) is 1. The lowest BCUT2D eigenvalue weighted by molar-refractivity contribution is 0.0853. The van der Waals surface area contributed by atoms with Crippen molar-refractivity contribution in [2.75, 3.05) is 13.2 Å². The molecule has 1 N–H and O–H groups in total. The summed E-state index contributed by atoms with van der Waals surface area (Å²) in [4.78, 5) is 19.0. The van der Waals surface area contributed by atoms with Gasteiger partial charge in [-0.25, -0.2) is 9.37 Å². The molecular formula is C26H30FN3O3. The van der Waals surface area contributed by atoms with E-state index < -0.39 is 0 Å². The first-order valence-corrected chi connectivity index (χ1v) is 11.3. The summed E-state index contributed by atoms with van der Waals surface area (Å²) >= 11 is 0. The molecular weight excluding hydrogens is 421 g/mol. The molecule has 0 unspecified atom stereocenters. The maximum Gasteiger partial charge on any atom is 0.273 e. The Morgan fingerprint density at radius 3 is 2.70 bits per heavy atom. The highest BCUT2D eigenvalue weighted by Gasteiger charge is 2.19. The third-order valence-electron chi connectivity index (χ3n) is 5.87. The van der Waals surface area contributed by atoms with Gasteiger partial charge < -0.3 is 14.5 Å². The molecule has 1 fully saturated rings. The van der Waals surface area contributed by atoms with Gasteiger partial charge in [0.15, 0.2) is 5.69 Å². The van der Waals surface area contributed by atoms with Gasteiger partial charge in [0.25, 0.3) is 5.91 Å². The van der Waals surface area contributed by atoms with E-state index in [-0.39, 0.29) is 23.5 Å². The molecule has 1 aliphatic heterocycles. The summed E-state index contributed by atoms with van der Waals surface area (Å²) in [5, 5.41) is 2.87. The van der Waals surface area contributed by atoms with Crippen LogP contribution in [-0.4, -0.2) is 35.0 Å². The van der Waals surface area contributed by atoms with Crippen LogP contribution in [0.1, 0.15) is 51.5 Å². The van der Waals surface area contributed by atoms with Gasteiger partial charge >= 0.3 is 0 Å². The number of oxazole rings is 1. The van der Waals surface area contributed by atoms with E-state index in [4.69, 9.17) is 9.15 Å². The van der Waals surface area contributed by atoms with Crippen LogP contribution >= 0.6 is 0 Å². The third-order valence-corrected chi connectivity index (χ3v) is 5.87. The van der Waals surface area contributed by atoms with E-state index in [0.717, 1.165) is 25.0 Å². The molecule has 2 aromatic carbocycles. The summed E-state index contributed by atoms with van der Waals surface area (Å²) in [6.07, 6.45) is 3.46. The molecule has 3 aromatic rings. The quantitative estimate of drug-likeness (QED) is 0.517. The number of aryl methyl sites for hydroxylation is 2. The average molecular weight is 452 g/mol. The lowest BCUT2D eigenvalue weighted by Gasteiger charge is -2.22. The van der Waals surface area contributed by atoms with Crippen LogP contribution in [0.15, 0.2) is 53.1 Å². The van der Waals surface area contributed by atoms with Gasteiger partial charge in [-0.2, -0.15) is 0 Å². The number of hydrogen-bond acceptors (Lipinski definition) is 5. The van der Waals surface area contributed by atoms with Crippen molar-refractivity contribution in [2.45, 2.75) is 52.4 Å². The van der Waals surface area contributed by atoms with Gasteiger partial charge in [-0.1, -0.05) is 35.9 Å². The van der Waals surface area contributed by atoms with Crippen molar-refractivity contribution in [1.82, 2.24) is 15.2 Å². The predicted octanol–water partition coefficient (Wildman–Crippen LogP) is 4.54. The summed E-state index contributed by atoms with van der Waals surface area (Å²) in [5.74, 6) is -0.0601. The van der Waals surface area contributed by atoms with E-state index in [1.165, 1.54) is 35.1 Å². The zero-order valence-corrected chi connectivity index (χ0v) is 19.1. The first kappa shape index (κ1) is 23.1. The van der Waals surface area contributed by atoms with Crippen molar-refractivity contribution in [1.29, 1.82) is 0 Å². The smallest absolute Gasteiger partial charge is 0.273 e. The standard InChI is InChI=1S/C26H30FN3O3/c1-18-5-8-21(19(2)12-18)15-30(14-20-6-9-22(27)10-7-20)16-25-29-24(17-33-25)26(31)28-13-23-4-3-11-32-23/h5-10,12,17,23H,3-4,11,13-16H2,1-2H3,(H,28,31)/t23-/m1/s1. The van der Waals surface area contributed by atoms with Crippen molar-refractivity contribution in [3.63, 3.8) is 0 Å². The molecule has 0 aliphatic carbocycles. The van der Waals surface area contributed by atoms with Crippen molar-refractivity contribution in [3.8, 4) is 0 Å². The summed E-state index contributed by atoms with van der Waals surface area (Å²) in [6.45, 7) is 7.08. The maximum atomic E-state index is 13.4. The van der Waals surface area contributed by atoms with Crippen molar-refractivity contribution < 1.29 is 18.3 Å². The molecule has 1 saturated heterocycles. The number of amides is 1. The molecule has 0 bridgehead atoms. The Morgan fingerprint density at radius 1 is 1.15 bits per heavy atom. The maximum absolute atomic E-state index is 13.4. The number of benzene rings is 2. The van der Waals surface area contributed by atoms with E-state index in [1.54, 1.807) is 12.1 Å². The molecule has 33 heavy (non-hydrogen) atoms. The van der Waals surface area contributed by atoms with Crippen molar-refractivity contribution in [2.24, 2.45) is 0 Å². The van der Waals surface area contributed by atoms with Gasteiger partial charge in [0.2, 0.25) is 5.89 Å². The zero-order chi connectivity index (χ0) is 23.2. The Hall–Kier alpha value is -3.03. The Kier molecular flexibility index (Phi) is 7.52. The summed E-state index contributed by atoms with van der Waals surface area (Å²) in [7, 11) is 0. The largest absolute Gasteiger partial charge is 0.447 e. The number of nitrogens with zero attached hydrogens (tertiary/aromatic N) is 2. The molecule has 4 rings (SSSR count). The first-order valence-electron chi connectivity index (χ1n) is 11.3. The number of aromatic nitrogens is 1. The zero-order valence-electron chi connectivity index (χ0n) is 19.1. The highest BCUT2D eigenvalue weighted by molar-refractivity contribution is 5.91. The SMILES string of the molecule is Cc1ccc(CN(Cc2ccc(F)cc2)Cc2nc(C(=O)NC[C@H]3CCCO3)co2)c(C)c1. The Balaban J connectivity index is 1.44. The van der Waals surface area contributed by atoms with Gasteiger partial charge in [-0.15, -0.1) is 0 Å². The molecule has 0 radical (unpaired) electrons. The molecule has 1 aromatic heterocycles. The van der Waals surface area contributed by atoms with Crippen LogP contribution in [-0.2, 0) is 24.4 Å². The van der Waals surface area contributed by atoms with Crippen LogP contribution in [0, 0.1) is 19.7 Å². The van der Waals surface area contributed by atoms with Crippen LogP contribution in [0.5, 0.6) is 0 Å². The van der Waals surface area contributed by atoms with E-state index in [0.29, 0.717) is 32.1 Å². The average Bonchev–Trinajstić information content (AvgIpc) is 3.48. The number of carbonyl (C=O) groups excluding carboxylic acids is 1. The van der Waals surface area contributed by atoms with E-state index in [9.17, 15) is 9.18 Å². The molecule has 0 saturated carbocycles. The Labute approximate surface area is 193 Å². The van der Waals surface area contributed by atoms with Crippen LogP contribution in [0.2, 0.25) is 0 Å². The topological polar surface area (TPSA) is 67.6 Å². The lowest BCUT2D eigenvalue weighted by Crippen LogP contribution is -2.32. The minimum atomic E-state index is -0.264.